The van der Waals surface area contributed by atoms with E-state index in [2.05, 4.69) is 46.1 Å². The molecule has 0 aromatic rings. The maximum absolute atomic E-state index is 4.06. The Hall–Kier alpha value is -1.04. The normalized spacial score (nSPS) is 30.9. The Labute approximate surface area is 106 Å². The standard InChI is InChI=1S/C17H24/c1-12(2)8-15-11-17(5)7-6-14(15)10-16(17)9-13(3)4/h10-11,14H,1,3,6-9H2,2,4-5H3/t14-,17-/m1/s1. The maximum Gasteiger partial charge on any atom is 0.00692 e. The van der Waals surface area contributed by atoms with Crippen molar-refractivity contribution in [3.63, 3.8) is 0 Å². The van der Waals surface area contributed by atoms with Gasteiger partial charge in [0.1, 0.15) is 0 Å². The summed E-state index contributed by atoms with van der Waals surface area (Å²) in [7, 11) is 0. The molecule has 17 heavy (non-hydrogen) atoms. The van der Waals surface area contributed by atoms with Gasteiger partial charge in [-0.3, -0.25) is 0 Å². The fourth-order valence-electron chi connectivity index (χ4n) is 3.22. The molecule has 0 fully saturated rings. The zero-order valence-corrected chi connectivity index (χ0v) is 11.5. The molecule has 0 aromatic heterocycles. The summed E-state index contributed by atoms with van der Waals surface area (Å²) in [5.41, 5.74) is 6.03. The first-order valence-corrected chi connectivity index (χ1v) is 6.62. The molecular weight excluding hydrogens is 204 g/mol. The van der Waals surface area contributed by atoms with E-state index in [1.165, 1.54) is 24.0 Å². The molecule has 0 spiro atoms. The van der Waals surface area contributed by atoms with Gasteiger partial charge in [-0.05, 0) is 45.4 Å². The van der Waals surface area contributed by atoms with Crippen molar-refractivity contribution in [3.05, 3.63) is 47.6 Å². The van der Waals surface area contributed by atoms with E-state index in [4.69, 9.17) is 0 Å². The molecule has 3 aliphatic carbocycles. The van der Waals surface area contributed by atoms with Crippen molar-refractivity contribution in [2.75, 3.05) is 0 Å². The van der Waals surface area contributed by atoms with E-state index >= 15 is 0 Å². The molecule has 0 saturated carbocycles. The highest BCUT2D eigenvalue weighted by Gasteiger charge is 2.37. The second-order valence-corrected chi connectivity index (χ2v) is 6.24. The SMILES string of the molecule is C=C(C)CC1=C[C@@]2(C)CC[C@@H]1C=C2CC(=C)C. The third-order valence-electron chi connectivity index (χ3n) is 4.09. The number of hydrogen-bond donors (Lipinski definition) is 0. The van der Waals surface area contributed by atoms with E-state index < -0.39 is 0 Å². The van der Waals surface area contributed by atoms with Crippen LogP contribution in [0.4, 0.5) is 0 Å². The van der Waals surface area contributed by atoms with E-state index in [9.17, 15) is 0 Å². The number of rotatable bonds is 4. The first-order valence-electron chi connectivity index (χ1n) is 6.62. The lowest BCUT2D eigenvalue weighted by atomic mass is 9.61. The third-order valence-corrected chi connectivity index (χ3v) is 4.09. The second-order valence-electron chi connectivity index (χ2n) is 6.24. The molecule has 0 N–H and O–H groups in total. The van der Waals surface area contributed by atoms with Crippen LogP contribution in [0.2, 0.25) is 0 Å². The Bertz CT molecular complexity index is 419. The Morgan fingerprint density at radius 2 is 1.94 bits per heavy atom. The van der Waals surface area contributed by atoms with Gasteiger partial charge >= 0.3 is 0 Å². The van der Waals surface area contributed by atoms with Crippen LogP contribution in [0.15, 0.2) is 47.6 Å². The molecular formula is C17H24. The Morgan fingerprint density at radius 1 is 1.29 bits per heavy atom. The number of allylic oxidation sites excluding steroid dienone is 6. The van der Waals surface area contributed by atoms with Gasteiger partial charge in [0, 0.05) is 5.41 Å². The van der Waals surface area contributed by atoms with Gasteiger partial charge in [0.15, 0.2) is 0 Å². The number of fused-ring (bicyclic) bond motifs is 1. The quantitative estimate of drug-likeness (QED) is 0.580. The van der Waals surface area contributed by atoms with Crippen molar-refractivity contribution in [2.45, 2.75) is 46.5 Å². The summed E-state index contributed by atoms with van der Waals surface area (Å²) < 4.78 is 0. The van der Waals surface area contributed by atoms with Crippen LogP contribution in [0.3, 0.4) is 0 Å². The van der Waals surface area contributed by atoms with Crippen molar-refractivity contribution >= 4 is 0 Å². The highest BCUT2D eigenvalue weighted by molar-refractivity contribution is 5.39. The molecule has 2 bridgehead atoms. The lowest BCUT2D eigenvalue weighted by molar-refractivity contribution is 0.350. The van der Waals surface area contributed by atoms with Gasteiger partial charge in [-0.1, -0.05) is 54.5 Å². The van der Waals surface area contributed by atoms with Crippen LogP contribution in [0.25, 0.3) is 0 Å². The summed E-state index contributed by atoms with van der Waals surface area (Å²) in [4.78, 5) is 0. The van der Waals surface area contributed by atoms with Crippen molar-refractivity contribution in [3.8, 4) is 0 Å². The van der Waals surface area contributed by atoms with E-state index in [-0.39, 0.29) is 0 Å². The smallest absolute Gasteiger partial charge is 0.00692 e. The van der Waals surface area contributed by atoms with Gasteiger partial charge < -0.3 is 0 Å². The summed E-state index contributed by atoms with van der Waals surface area (Å²) in [5.74, 6) is 0.669. The van der Waals surface area contributed by atoms with E-state index in [1.54, 1.807) is 11.1 Å². The average molecular weight is 228 g/mol. The first-order chi connectivity index (χ1) is 7.90. The maximum atomic E-state index is 4.06. The van der Waals surface area contributed by atoms with E-state index in [1.807, 2.05) is 0 Å². The van der Waals surface area contributed by atoms with Gasteiger partial charge in [0.05, 0.1) is 0 Å². The molecule has 0 unspecified atom stereocenters. The molecule has 0 saturated heterocycles. The Kier molecular flexibility index (Phi) is 3.16. The fourth-order valence-corrected chi connectivity index (χ4v) is 3.22. The minimum atomic E-state index is 0.290. The topological polar surface area (TPSA) is 0 Å². The van der Waals surface area contributed by atoms with Crippen LogP contribution in [0, 0.1) is 11.3 Å². The van der Waals surface area contributed by atoms with Crippen LogP contribution < -0.4 is 0 Å². The molecule has 3 aliphatic rings. The average Bonchev–Trinajstić information content (AvgIpc) is 2.18. The Morgan fingerprint density at radius 3 is 2.47 bits per heavy atom. The molecule has 0 radical (unpaired) electrons. The van der Waals surface area contributed by atoms with Crippen LogP contribution >= 0.6 is 0 Å². The van der Waals surface area contributed by atoms with Gasteiger partial charge in [-0.15, -0.1) is 0 Å². The molecule has 0 amide bonds. The predicted molar refractivity (Wildman–Crippen MR) is 75.9 cm³/mol. The van der Waals surface area contributed by atoms with Crippen molar-refractivity contribution in [1.29, 1.82) is 0 Å². The lowest BCUT2D eigenvalue weighted by Gasteiger charge is -2.43. The first kappa shape index (κ1) is 12.4. The molecule has 0 aliphatic heterocycles. The van der Waals surface area contributed by atoms with Gasteiger partial charge in [0.25, 0.3) is 0 Å². The summed E-state index contributed by atoms with van der Waals surface area (Å²) >= 11 is 0. The van der Waals surface area contributed by atoms with Crippen molar-refractivity contribution < 1.29 is 0 Å². The molecule has 0 heterocycles. The van der Waals surface area contributed by atoms with Crippen LogP contribution in [0.1, 0.15) is 46.5 Å². The van der Waals surface area contributed by atoms with E-state index in [0.717, 1.165) is 12.8 Å². The highest BCUT2D eigenvalue weighted by atomic mass is 14.4. The third kappa shape index (κ3) is 2.46. The summed E-state index contributed by atoms with van der Waals surface area (Å²) in [6.45, 7) is 14.7. The Balaban J connectivity index is 2.24. The second kappa shape index (κ2) is 4.33. The minimum absolute atomic E-state index is 0.290. The fraction of sp³-hybridized carbons (Fsp3) is 0.529. The van der Waals surface area contributed by atoms with Crippen molar-refractivity contribution in [1.82, 2.24) is 0 Å². The van der Waals surface area contributed by atoms with Gasteiger partial charge in [-0.2, -0.15) is 0 Å². The van der Waals surface area contributed by atoms with Crippen molar-refractivity contribution in [2.24, 2.45) is 11.3 Å². The van der Waals surface area contributed by atoms with Gasteiger partial charge in [0.2, 0.25) is 0 Å². The van der Waals surface area contributed by atoms with Crippen LogP contribution in [-0.2, 0) is 0 Å². The number of hydrogen-bond acceptors (Lipinski definition) is 0. The largest absolute Gasteiger partial charge is 0.0998 e. The lowest BCUT2D eigenvalue weighted by Crippen LogP contribution is -2.30. The monoisotopic (exact) mass is 228 g/mol. The summed E-state index contributed by atoms with van der Waals surface area (Å²) in [6.07, 6.45) is 9.80. The zero-order valence-electron chi connectivity index (χ0n) is 11.5. The zero-order chi connectivity index (χ0) is 12.6. The molecule has 0 heteroatoms. The van der Waals surface area contributed by atoms with Crippen LogP contribution in [-0.4, -0.2) is 0 Å². The molecule has 3 rings (SSSR count). The van der Waals surface area contributed by atoms with Crippen LogP contribution in [0.5, 0.6) is 0 Å². The van der Waals surface area contributed by atoms with E-state index in [0.29, 0.717) is 11.3 Å². The minimum Gasteiger partial charge on any atom is -0.0998 e. The molecule has 0 nitrogen and oxygen atoms in total. The van der Waals surface area contributed by atoms with Gasteiger partial charge in [-0.25, -0.2) is 0 Å². The molecule has 92 valence electrons. The summed E-state index contributed by atoms with van der Waals surface area (Å²) in [5, 5.41) is 0. The molecule has 2 atom stereocenters. The highest BCUT2D eigenvalue weighted by Crippen LogP contribution is 2.51. The molecule has 0 aromatic carbocycles. The summed E-state index contributed by atoms with van der Waals surface area (Å²) in [6, 6.07) is 0. The predicted octanol–water partition coefficient (Wildman–Crippen LogP) is 5.20.